The summed E-state index contributed by atoms with van der Waals surface area (Å²) in [4.78, 5) is 25.6. The Labute approximate surface area is 175 Å². The van der Waals surface area contributed by atoms with E-state index in [1.165, 1.54) is 0 Å². The second-order valence-corrected chi connectivity index (χ2v) is 8.29. The Morgan fingerprint density at radius 2 is 1.40 bits per heavy atom. The number of sulfonamides is 1. The van der Waals surface area contributed by atoms with Crippen molar-refractivity contribution in [1.29, 1.82) is 0 Å². The lowest BCUT2D eigenvalue weighted by molar-refractivity contribution is -0.118. The number of anilines is 1. The van der Waals surface area contributed by atoms with Crippen LogP contribution in [0.2, 0.25) is 0 Å². The molecule has 8 heteroatoms. The van der Waals surface area contributed by atoms with Gasteiger partial charge in [-0.2, -0.15) is 0 Å². The summed E-state index contributed by atoms with van der Waals surface area (Å²) >= 11 is 0. The summed E-state index contributed by atoms with van der Waals surface area (Å²) in [5.74, 6) is -1.09. The Hall–Kier alpha value is -3.49. The fraction of sp³-hybridized carbons (Fsp3) is 0.0909. The smallest absolute Gasteiger partial charge is 0.252 e. The van der Waals surface area contributed by atoms with E-state index in [0.29, 0.717) is 22.4 Å². The molecule has 0 aliphatic carbocycles. The standard InChI is InChI=1S/C22H21N3O4S/c23-30(28,29)15-16-11-13-19(14-12-16)24-22(27)20(17-7-3-1-4-8-17)25-21(26)18-9-5-2-6-10-18/h1-14,20H,15H2,(H,24,27)(H,25,26)(H2,23,28,29). The molecule has 0 heterocycles. The van der Waals surface area contributed by atoms with Crippen LogP contribution < -0.4 is 15.8 Å². The van der Waals surface area contributed by atoms with Crippen molar-refractivity contribution in [2.45, 2.75) is 11.8 Å². The predicted octanol–water partition coefficient (Wildman–Crippen LogP) is 2.58. The molecule has 0 bridgehead atoms. The van der Waals surface area contributed by atoms with E-state index in [0.717, 1.165) is 0 Å². The molecule has 154 valence electrons. The summed E-state index contributed by atoms with van der Waals surface area (Å²) in [6.07, 6.45) is 0. The molecule has 0 spiro atoms. The van der Waals surface area contributed by atoms with E-state index < -0.39 is 22.0 Å². The quantitative estimate of drug-likeness (QED) is 0.541. The highest BCUT2D eigenvalue weighted by Gasteiger charge is 2.23. The minimum Gasteiger partial charge on any atom is -0.336 e. The number of nitrogens with one attached hydrogen (secondary N) is 2. The predicted molar refractivity (Wildman–Crippen MR) is 115 cm³/mol. The molecule has 0 aliphatic rings. The molecule has 0 saturated heterocycles. The molecule has 0 radical (unpaired) electrons. The third-order valence-corrected chi connectivity index (χ3v) is 5.03. The zero-order valence-electron chi connectivity index (χ0n) is 16.0. The average Bonchev–Trinajstić information content (AvgIpc) is 2.73. The van der Waals surface area contributed by atoms with Crippen molar-refractivity contribution >= 4 is 27.5 Å². The average molecular weight is 423 g/mol. The molecule has 2 amide bonds. The number of hydrogen-bond donors (Lipinski definition) is 3. The van der Waals surface area contributed by atoms with E-state index in [2.05, 4.69) is 10.6 Å². The van der Waals surface area contributed by atoms with Gasteiger partial charge in [-0.25, -0.2) is 13.6 Å². The summed E-state index contributed by atoms with van der Waals surface area (Å²) < 4.78 is 22.4. The molecule has 30 heavy (non-hydrogen) atoms. The molecule has 0 fully saturated rings. The molecule has 0 aliphatic heterocycles. The van der Waals surface area contributed by atoms with Crippen LogP contribution in [0.5, 0.6) is 0 Å². The van der Waals surface area contributed by atoms with Crippen LogP contribution in [-0.4, -0.2) is 20.2 Å². The fourth-order valence-corrected chi connectivity index (χ4v) is 3.54. The number of nitrogens with two attached hydrogens (primary N) is 1. The van der Waals surface area contributed by atoms with Crippen LogP contribution in [0.4, 0.5) is 5.69 Å². The molecular weight excluding hydrogens is 402 g/mol. The third-order valence-electron chi connectivity index (χ3n) is 4.30. The van der Waals surface area contributed by atoms with Gasteiger partial charge in [0.1, 0.15) is 6.04 Å². The molecular formula is C22H21N3O4S. The van der Waals surface area contributed by atoms with E-state index >= 15 is 0 Å². The zero-order valence-corrected chi connectivity index (χ0v) is 16.8. The number of benzene rings is 3. The second-order valence-electron chi connectivity index (χ2n) is 6.68. The molecule has 7 nitrogen and oxygen atoms in total. The summed E-state index contributed by atoms with van der Waals surface area (Å²) in [5.41, 5.74) is 2.05. The fourth-order valence-electron chi connectivity index (χ4n) is 2.88. The van der Waals surface area contributed by atoms with Gasteiger partial charge in [-0.1, -0.05) is 60.7 Å². The van der Waals surface area contributed by atoms with Crippen molar-refractivity contribution in [1.82, 2.24) is 5.32 Å². The first kappa shape index (κ1) is 21.2. The van der Waals surface area contributed by atoms with Crippen molar-refractivity contribution in [3.05, 3.63) is 102 Å². The Bertz CT molecular complexity index is 1120. The van der Waals surface area contributed by atoms with Gasteiger partial charge in [0.05, 0.1) is 5.75 Å². The maximum atomic E-state index is 13.0. The molecule has 3 aromatic carbocycles. The molecule has 1 unspecified atom stereocenters. The topological polar surface area (TPSA) is 118 Å². The van der Waals surface area contributed by atoms with Gasteiger partial charge in [-0.3, -0.25) is 9.59 Å². The van der Waals surface area contributed by atoms with E-state index in [1.807, 2.05) is 6.07 Å². The molecule has 4 N–H and O–H groups in total. The van der Waals surface area contributed by atoms with Crippen LogP contribution in [-0.2, 0) is 20.6 Å². The van der Waals surface area contributed by atoms with E-state index in [9.17, 15) is 18.0 Å². The van der Waals surface area contributed by atoms with Crippen LogP contribution in [0.15, 0.2) is 84.9 Å². The number of rotatable bonds is 7. The van der Waals surface area contributed by atoms with Gasteiger partial charge >= 0.3 is 0 Å². The normalized spacial score (nSPS) is 12.0. The summed E-state index contributed by atoms with van der Waals surface area (Å²) in [7, 11) is -3.64. The second kappa shape index (κ2) is 9.34. The Morgan fingerprint density at radius 3 is 1.97 bits per heavy atom. The van der Waals surface area contributed by atoms with Crippen molar-refractivity contribution in [3.63, 3.8) is 0 Å². The summed E-state index contributed by atoms with van der Waals surface area (Å²) in [6, 6.07) is 22.9. The monoisotopic (exact) mass is 423 g/mol. The lowest BCUT2D eigenvalue weighted by Crippen LogP contribution is -2.37. The summed E-state index contributed by atoms with van der Waals surface area (Å²) in [6.45, 7) is 0. The third kappa shape index (κ3) is 6.00. The van der Waals surface area contributed by atoms with E-state index in [-0.39, 0.29) is 11.7 Å². The van der Waals surface area contributed by atoms with Crippen molar-refractivity contribution < 1.29 is 18.0 Å². The van der Waals surface area contributed by atoms with Gasteiger partial charge in [-0.05, 0) is 35.4 Å². The lowest BCUT2D eigenvalue weighted by Gasteiger charge is -2.19. The van der Waals surface area contributed by atoms with Crippen molar-refractivity contribution in [2.24, 2.45) is 5.14 Å². The van der Waals surface area contributed by atoms with Crippen molar-refractivity contribution in [2.75, 3.05) is 5.32 Å². The maximum Gasteiger partial charge on any atom is 0.252 e. The molecule has 0 aromatic heterocycles. The highest BCUT2D eigenvalue weighted by Crippen LogP contribution is 2.18. The summed E-state index contributed by atoms with van der Waals surface area (Å²) in [5, 5.41) is 10.6. The van der Waals surface area contributed by atoms with Gasteiger partial charge in [0.25, 0.3) is 11.8 Å². The van der Waals surface area contributed by atoms with Gasteiger partial charge < -0.3 is 10.6 Å². The van der Waals surface area contributed by atoms with Gasteiger partial charge in [0.15, 0.2) is 0 Å². The zero-order chi connectivity index (χ0) is 21.6. The Kier molecular flexibility index (Phi) is 6.61. The molecule has 3 aromatic rings. The Balaban J connectivity index is 1.78. The van der Waals surface area contributed by atoms with Gasteiger partial charge in [-0.15, -0.1) is 0 Å². The van der Waals surface area contributed by atoms with Crippen LogP contribution in [0.3, 0.4) is 0 Å². The number of hydrogen-bond acceptors (Lipinski definition) is 4. The van der Waals surface area contributed by atoms with Crippen LogP contribution >= 0.6 is 0 Å². The lowest BCUT2D eigenvalue weighted by atomic mass is 10.0. The highest BCUT2D eigenvalue weighted by atomic mass is 32.2. The maximum absolute atomic E-state index is 13.0. The minimum absolute atomic E-state index is 0.291. The minimum atomic E-state index is -3.64. The number of primary sulfonamides is 1. The largest absolute Gasteiger partial charge is 0.336 e. The SMILES string of the molecule is NS(=O)(=O)Cc1ccc(NC(=O)C(NC(=O)c2ccccc2)c2ccccc2)cc1. The first-order valence-corrected chi connectivity index (χ1v) is 10.8. The van der Waals surface area contributed by atoms with E-state index in [4.69, 9.17) is 5.14 Å². The van der Waals surface area contributed by atoms with E-state index in [1.54, 1.807) is 78.9 Å². The molecule has 1 atom stereocenters. The first-order chi connectivity index (χ1) is 14.3. The number of amides is 2. The van der Waals surface area contributed by atoms with Crippen LogP contribution in [0.1, 0.15) is 27.5 Å². The Morgan fingerprint density at radius 1 is 0.833 bits per heavy atom. The van der Waals surface area contributed by atoms with Gasteiger partial charge in [0.2, 0.25) is 10.0 Å². The van der Waals surface area contributed by atoms with Crippen molar-refractivity contribution in [3.8, 4) is 0 Å². The molecule has 3 rings (SSSR count). The number of carbonyl (C=O) groups is 2. The van der Waals surface area contributed by atoms with Crippen LogP contribution in [0, 0.1) is 0 Å². The molecule has 0 saturated carbocycles. The van der Waals surface area contributed by atoms with Gasteiger partial charge in [0, 0.05) is 11.3 Å². The first-order valence-electron chi connectivity index (χ1n) is 9.13. The van der Waals surface area contributed by atoms with Crippen LogP contribution in [0.25, 0.3) is 0 Å². The number of carbonyl (C=O) groups excluding carboxylic acids is 2. The highest BCUT2D eigenvalue weighted by molar-refractivity contribution is 7.88.